The van der Waals surface area contributed by atoms with Crippen molar-refractivity contribution < 1.29 is 5.11 Å². The van der Waals surface area contributed by atoms with E-state index in [1.54, 1.807) is 0 Å². The Hall–Kier alpha value is -1.57. The van der Waals surface area contributed by atoms with Gasteiger partial charge in [0.25, 0.3) is 0 Å². The van der Waals surface area contributed by atoms with Crippen molar-refractivity contribution >= 4 is 5.69 Å². The van der Waals surface area contributed by atoms with Crippen molar-refractivity contribution in [1.29, 1.82) is 5.26 Å². The molecule has 0 unspecified atom stereocenters. The van der Waals surface area contributed by atoms with Crippen LogP contribution < -0.4 is 10.2 Å². The van der Waals surface area contributed by atoms with Crippen LogP contribution in [0.1, 0.15) is 25.0 Å². The summed E-state index contributed by atoms with van der Waals surface area (Å²) >= 11 is 0. The highest BCUT2D eigenvalue weighted by Crippen LogP contribution is 2.20. The van der Waals surface area contributed by atoms with E-state index in [-0.39, 0.29) is 6.61 Å². The number of hydrogen-bond acceptors (Lipinski definition) is 4. The normalized spacial score (nSPS) is 10.5. The quantitative estimate of drug-likeness (QED) is 0.785. The summed E-state index contributed by atoms with van der Waals surface area (Å²) in [6.07, 6.45) is 0. The summed E-state index contributed by atoms with van der Waals surface area (Å²) in [4.78, 5) is 1.89. The van der Waals surface area contributed by atoms with Crippen molar-refractivity contribution in [3.63, 3.8) is 0 Å². The lowest BCUT2D eigenvalue weighted by atomic mass is 10.1. The Bertz CT molecular complexity index is 438. The van der Waals surface area contributed by atoms with Crippen molar-refractivity contribution in [1.82, 2.24) is 5.32 Å². The number of aliphatic hydroxyl groups excluding tert-OH is 1. The summed E-state index contributed by atoms with van der Waals surface area (Å²) in [6, 6.07) is 8.11. The predicted molar refractivity (Wildman–Crippen MR) is 78.1 cm³/mol. The molecule has 0 aromatic heterocycles. The van der Waals surface area contributed by atoms with Gasteiger partial charge < -0.3 is 15.3 Å². The highest BCUT2D eigenvalue weighted by Gasteiger charge is 2.08. The van der Waals surface area contributed by atoms with Crippen LogP contribution in [0, 0.1) is 17.2 Å². The second-order valence-corrected chi connectivity index (χ2v) is 5.13. The van der Waals surface area contributed by atoms with Crippen molar-refractivity contribution in [2.75, 3.05) is 31.6 Å². The fraction of sp³-hybridized carbons (Fsp3) is 0.533. The van der Waals surface area contributed by atoms with Crippen molar-refractivity contribution in [3.8, 4) is 6.07 Å². The molecular weight excluding hydrogens is 238 g/mol. The monoisotopic (exact) mass is 261 g/mol. The van der Waals surface area contributed by atoms with Gasteiger partial charge in [0, 0.05) is 20.1 Å². The van der Waals surface area contributed by atoms with E-state index in [0.29, 0.717) is 18.0 Å². The number of anilines is 1. The molecule has 1 aromatic carbocycles. The molecule has 0 atom stereocenters. The van der Waals surface area contributed by atoms with E-state index < -0.39 is 0 Å². The Morgan fingerprint density at radius 2 is 2.16 bits per heavy atom. The molecule has 0 aliphatic heterocycles. The average molecular weight is 261 g/mol. The highest BCUT2D eigenvalue weighted by atomic mass is 16.3. The Labute approximate surface area is 115 Å². The third kappa shape index (κ3) is 4.90. The van der Waals surface area contributed by atoms with E-state index in [4.69, 9.17) is 5.11 Å². The van der Waals surface area contributed by atoms with Crippen molar-refractivity contribution in [2.24, 2.45) is 5.92 Å². The van der Waals surface area contributed by atoms with Gasteiger partial charge in [-0.05, 0) is 30.2 Å². The third-order valence-corrected chi connectivity index (χ3v) is 2.91. The van der Waals surface area contributed by atoms with Gasteiger partial charge in [-0.25, -0.2) is 0 Å². The molecule has 0 heterocycles. The Balaban J connectivity index is 2.76. The second kappa shape index (κ2) is 7.78. The van der Waals surface area contributed by atoms with Gasteiger partial charge >= 0.3 is 0 Å². The molecule has 0 radical (unpaired) electrons. The Morgan fingerprint density at radius 3 is 2.74 bits per heavy atom. The van der Waals surface area contributed by atoms with E-state index in [9.17, 15) is 5.26 Å². The third-order valence-electron chi connectivity index (χ3n) is 2.91. The fourth-order valence-corrected chi connectivity index (χ4v) is 1.89. The molecule has 0 saturated carbocycles. The minimum absolute atomic E-state index is 0.0824. The zero-order valence-corrected chi connectivity index (χ0v) is 12.0. The number of nitrogens with zero attached hydrogens (tertiary/aromatic N) is 2. The van der Waals surface area contributed by atoms with Gasteiger partial charge in [0.05, 0.1) is 17.9 Å². The molecule has 4 nitrogen and oxygen atoms in total. The molecule has 104 valence electrons. The van der Waals surface area contributed by atoms with Crippen LogP contribution in [0.15, 0.2) is 18.2 Å². The van der Waals surface area contributed by atoms with Crippen LogP contribution in [0.2, 0.25) is 0 Å². The van der Waals surface area contributed by atoms with Gasteiger partial charge in [-0.3, -0.25) is 0 Å². The highest BCUT2D eigenvalue weighted by molar-refractivity contribution is 5.60. The molecule has 0 bridgehead atoms. The van der Waals surface area contributed by atoms with E-state index in [1.165, 1.54) is 0 Å². The molecular formula is C15H23N3O. The minimum atomic E-state index is 0.0824. The number of aliphatic hydroxyl groups is 1. The van der Waals surface area contributed by atoms with Crippen LogP contribution in [-0.4, -0.2) is 31.9 Å². The molecule has 4 heteroatoms. The molecule has 0 saturated heterocycles. The van der Waals surface area contributed by atoms with E-state index >= 15 is 0 Å². The first-order valence-electron chi connectivity index (χ1n) is 6.64. The lowest BCUT2D eigenvalue weighted by Crippen LogP contribution is -2.22. The number of benzene rings is 1. The van der Waals surface area contributed by atoms with Gasteiger partial charge in [0.15, 0.2) is 0 Å². The summed E-state index contributed by atoms with van der Waals surface area (Å²) in [5.41, 5.74) is 2.63. The molecule has 0 aliphatic rings. The van der Waals surface area contributed by atoms with Gasteiger partial charge in [0.1, 0.15) is 6.07 Å². The maximum absolute atomic E-state index is 9.21. The molecule has 0 spiro atoms. The lowest BCUT2D eigenvalue weighted by Gasteiger charge is -2.20. The standard InChI is InChI=1S/C15H23N3O/c1-12(2)10-17-11-13-4-5-15(14(8-13)9-16)18(3)6-7-19/h4-5,8,12,17,19H,6-7,10-11H2,1-3H3. The maximum atomic E-state index is 9.21. The first-order chi connectivity index (χ1) is 9.08. The van der Waals surface area contributed by atoms with Gasteiger partial charge in [0.2, 0.25) is 0 Å². The topological polar surface area (TPSA) is 59.3 Å². The Kier molecular flexibility index (Phi) is 6.34. The number of likely N-dealkylation sites (N-methyl/N-ethyl adjacent to an activating group) is 1. The van der Waals surface area contributed by atoms with Crippen molar-refractivity contribution in [3.05, 3.63) is 29.3 Å². The number of nitrogens with one attached hydrogen (secondary N) is 1. The largest absolute Gasteiger partial charge is 0.395 e. The van der Waals surface area contributed by atoms with Crippen LogP contribution in [0.4, 0.5) is 5.69 Å². The zero-order valence-electron chi connectivity index (χ0n) is 12.0. The number of hydrogen-bond donors (Lipinski definition) is 2. The summed E-state index contributed by atoms with van der Waals surface area (Å²) in [6.45, 7) is 6.69. The second-order valence-electron chi connectivity index (χ2n) is 5.13. The summed E-state index contributed by atoms with van der Waals surface area (Å²) in [7, 11) is 1.88. The molecule has 19 heavy (non-hydrogen) atoms. The van der Waals surface area contributed by atoms with Crippen LogP contribution >= 0.6 is 0 Å². The summed E-state index contributed by atoms with van der Waals surface area (Å²) in [5, 5.41) is 21.5. The van der Waals surface area contributed by atoms with Crippen LogP contribution in [0.3, 0.4) is 0 Å². The van der Waals surface area contributed by atoms with Gasteiger partial charge in [-0.1, -0.05) is 19.9 Å². The van der Waals surface area contributed by atoms with Crippen molar-refractivity contribution in [2.45, 2.75) is 20.4 Å². The lowest BCUT2D eigenvalue weighted by molar-refractivity contribution is 0.304. The van der Waals surface area contributed by atoms with E-state index in [1.807, 2.05) is 30.1 Å². The number of nitriles is 1. The summed E-state index contributed by atoms with van der Waals surface area (Å²) in [5.74, 6) is 0.616. The minimum Gasteiger partial charge on any atom is -0.395 e. The first kappa shape index (κ1) is 15.5. The molecule has 0 aliphatic carbocycles. The molecule has 2 N–H and O–H groups in total. The van der Waals surface area contributed by atoms with Gasteiger partial charge in [-0.15, -0.1) is 0 Å². The fourth-order valence-electron chi connectivity index (χ4n) is 1.89. The van der Waals surface area contributed by atoms with Crippen LogP contribution in [0.25, 0.3) is 0 Å². The van der Waals surface area contributed by atoms with Crippen LogP contribution in [0.5, 0.6) is 0 Å². The molecule has 0 fully saturated rings. The van der Waals surface area contributed by atoms with E-state index in [0.717, 1.165) is 24.3 Å². The predicted octanol–water partition coefficient (Wildman–Crippen LogP) is 1.73. The smallest absolute Gasteiger partial charge is 0.101 e. The molecule has 0 amide bonds. The zero-order chi connectivity index (χ0) is 14.3. The Morgan fingerprint density at radius 1 is 1.42 bits per heavy atom. The number of rotatable bonds is 7. The SMILES string of the molecule is CC(C)CNCc1ccc(N(C)CCO)c(C#N)c1. The summed E-state index contributed by atoms with van der Waals surface area (Å²) < 4.78 is 0. The van der Waals surface area contributed by atoms with Crippen LogP contribution in [-0.2, 0) is 6.54 Å². The van der Waals surface area contributed by atoms with Gasteiger partial charge in [-0.2, -0.15) is 5.26 Å². The maximum Gasteiger partial charge on any atom is 0.101 e. The molecule has 1 rings (SSSR count). The molecule has 1 aromatic rings. The first-order valence-corrected chi connectivity index (χ1v) is 6.64. The van der Waals surface area contributed by atoms with E-state index in [2.05, 4.69) is 25.2 Å². The average Bonchev–Trinajstić information content (AvgIpc) is 2.38.